The molecule has 0 saturated carbocycles. The highest BCUT2D eigenvalue weighted by Gasteiger charge is 2.14. The number of amides is 2. The maximum atomic E-state index is 12.6. The first-order valence-corrected chi connectivity index (χ1v) is 7.94. The molecule has 6 nitrogen and oxygen atoms in total. The number of carbonyl (C=O) groups is 2. The number of hydrogen-bond donors (Lipinski definition) is 2. The van der Waals surface area contributed by atoms with E-state index in [0.29, 0.717) is 28.4 Å². The predicted molar refractivity (Wildman–Crippen MR) is 99.6 cm³/mol. The van der Waals surface area contributed by atoms with Crippen molar-refractivity contribution in [2.75, 3.05) is 17.7 Å². The number of para-hydroxylation sites is 1. The lowest BCUT2D eigenvalue weighted by molar-refractivity contribution is 0.102. The fourth-order valence-electron chi connectivity index (χ4n) is 2.35. The van der Waals surface area contributed by atoms with Crippen LogP contribution >= 0.6 is 0 Å². The molecule has 0 unspecified atom stereocenters. The third kappa shape index (κ3) is 4.05. The smallest absolute Gasteiger partial charge is 0.257 e. The molecule has 0 aliphatic rings. The van der Waals surface area contributed by atoms with Crippen molar-refractivity contribution in [2.24, 2.45) is 0 Å². The van der Waals surface area contributed by atoms with Crippen molar-refractivity contribution >= 4 is 23.2 Å². The molecule has 6 heteroatoms. The maximum absolute atomic E-state index is 12.6. The lowest BCUT2D eigenvalue weighted by atomic mass is 10.1. The van der Waals surface area contributed by atoms with Gasteiger partial charge < -0.3 is 15.4 Å². The highest BCUT2D eigenvalue weighted by Crippen LogP contribution is 2.19. The van der Waals surface area contributed by atoms with Crippen LogP contribution in [0.25, 0.3) is 0 Å². The topological polar surface area (TPSA) is 80.3 Å². The van der Waals surface area contributed by atoms with Crippen LogP contribution in [0.2, 0.25) is 0 Å². The van der Waals surface area contributed by atoms with Crippen molar-refractivity contribution in [1.82, 2.24) is 4.98 Å². The fourth-order valence-corrected chi connectivity index (χ4v) is 2.35. The molecule has 0 saturated heterocycles. The zero-order valence-electron chi connectivity index (χ0n) is 14.1. The van der Waals surface area contributed by atoms with Crippen LogP contribution in [-0.4, -0.2) is 23.9 Å². The summed E-state index contributed by atoms with van der Waals surface area (Å²) in [6.07, 6.45) is 1.50. The highest BCUT2D eigenvalue weighted by atomic mass is 16.5. The van der Waals surface area contributed by atoms with E-state index in [-0.39, 0.29) is 11.8 Å². The molecule has 2 N–H and O–H groups in total. The van der Waals surface area contributed by atoms with Crippen LogP contribution in [0.5, 0.6) is 5.88 Å². The van der Waals surface area contributed by atoms with Gasteiger partial charge in [-0.2, -0.15) is 0 Å². The summed E-state index contributed by atoms with van der Waals surface area (Å²) in [6.45, 7) is 0. The third-order valence-corrected chi connectivity index (χ3v) is 3.66. The second-order valence-corrected chi connectivity index (χ2v) is 5.41. The minimum Gasteiger partial charge on any atom is -0.481 e. The Morgan fingerprint density at radius 3 is 2.27 bits per heavy atom. The number of carbonyl (C=O) groups excluding carboxylic acids is 2. The molecule has 0 aliphatic carbocycles. The number of ether oxygens (including phenoxy) is 1. The Hall–Kier alpha value is -3.67. The summed E-state index contributed by atoms with van der Waals surface area (Å²) < 4.78 is 4.99. The summed E-state index contributed by atoms with van der Waals surface area (Å²) in [5.41, 5.74) is 1.83. The van der Waals surface area contributed by atoms with Gasteiger partial charge in [0.2, 0.25) is 5.88 Å². The quantitative estimate of drug-likeness (QED) is 0.739. The van der Waals surface area contributed by atoms with E-state index in [2.05, 4.69) is 15.6 Å². The number of anilines is 2. The van der Waals surface area contributed by atoms with E-state index in [1.165, 1.54) is 13.3 Å². The SMILES string of the molecule is COc1ccc(NC(=O)c2ccccc2NC(=O)c2ccccc2)cn1. The maximum Gasteiger partial charge on any atom is 0.257 e. The van der Waals surface area contributed by atoms with Crippen molar-refractivity contribution < 1.29 is 14.3 Å². The van der Waals surface area contributed by atoms with Crippen molar-refractivity contribution in [2.45, 2.75) is 0 Å². The summed E-state index contributed by atoms with van der Waals surface area (Å²) in [5.74, 6) is -0.170. The Balaban J connectivity index is 1.77. The average Bonchev–Trinajstić information content (AvgIpc) is 2.69. The second kappa shape index (κ2) is 7.94. The molecule has 0 atom stereocenters. The van der Waals surface area contributed by atoms with E-state index in [0.717, 1.165) is 0 Å². The number of rotatable bonds is 5. The number of methoxy groups -OCH3 is 1. The van der Waals surface area contributed by atoms with E-state index < -0.39 is 0 Å². The largest absolute Gasteiger partial charge is 0.481 e. The van der Waals surface area contributed by atoms with Crippen LogP contribution in [0.1, 0.15) is 20.7 Å². The average molecular weight is 347 g/mol. The lowest BCUT2D eigenvalue weighted by Gasteiger charge is -2.11. The molecule has 0 radical (unpaired) electrons. The summed E-state index contributed by atoms with van der Waals surface area (Å²) in [5, 5.41) is 5.53. The van der Waals surface area contributed by atoms with E-state index >= 15 is 0 Å². The Morgan fingerprint density at radius 1 is 0.846 bits per heavy atom. The van der Waals surface area contributed by atoms with E-state index in [9.17, 15) is 9.59 Å². The summed E-state index contributed by atoms with van der Waals surface area (Å²) in [4.78, 5) is 29.0. The Labute approximate surface area is 150 Å². The zero-order valence-corrected chi connectivity index (χ0v) is 14.1. The fraction of sp³-hybridized carbons (Fsp3) is 0.0500. The highest BCUT2D eigenvalue weighted by molar-refractivity contribution is 6.12. The van der Waals surface area contributed by atoms with Gasteiger partial charge in [0.25, 0.3) is 11.8 Å². The number of nitrogens with zero attached hydrogens (tertiary/aromatic N) is 1. The van der Waals surface area contributed by atoms with Crippen LogP contribution in [0.15, 0.2) is 72.9 Å². The molecule has 2 aromatic carbocycles. The normalized spacial score (nSPS) is 10.0. The van der Waals surface area contributed by atoms with Crippen LogP contribution in [0, 0.1) is 0 Å². The van der Waals surface area contributed by atoms with Crippen molar-refractivity contribution in [1.29, 1.82) is 0 Å². The molecule has 0 fully saturated rings. The molecule has 0 spiro atoms. The standard InChI is InChI=1S/C20H17N3O3/c1-26-18-12-11-15(13-21-18)22-20(25)16-9-5-6-10-17(16)23-19(24)14-7-3-2-4-8-14/h2-13H,1H3,(H,22,25)(H,23,24). The summed E-state index contributed by atoms with van der Waals surface area (Å²) in [7, 11) is 1.52. The van der Waals surface area contributed by atoms with E-state index in [4.69, 9.17) is 4.74 Å². The molecule has 3 aromatic rings. The lowest BCUT2D eigenvalue weighted by Crippen LogP contribution is -2.18. The number of pyridine rings is 1. The predicted octanol–water partition coefficient (Wildman–Crippen LogP) is 3.59. The number of nitrogens with one attached hydrogen (secondary N) is 2. The second-order valence-electron chi connectivity index (χ2n) is 5.41. The minimum atomic E-state index is -0.346. The molecular formula is C20H17N3O3. The zero-order chi connectivity index (χ0) is 18.4. The van der Waals surface area contributed by atoms with Gasteiger partial charge in [-0.1, -0.05) is 30.3 Å². The number of benzene rings is 2. The Bertz CT molecular complexity index is 909. The molecule has 130 valence electrons. The first-order valence-electron chi connectivity index (χ1n) is 7.94. The van der Waals surface area contributed by atoms with E-state index in [1.54, 1.807) is 60.7 Å². The van der Waals surface area contributed by atoms with Crippen LogP contribution in [0.3, 0.4) is 0 Å². The van der Waals surface area contributed by atoms with Gasteiger partial charge in [-0.3, -0.25) is 9.59 Å². The first-order chi connectivity index (χ1) is 12.7. The Kier molecular flexibility index (Phi) is 5.24. The van der Waals surface area contributed by atoms with Gasteiger partial charge in [0.05, 0.1) is 30.2 Å². The van der Waals surface area contributed by atoms with Gasteiger partial charge in [-0.25, -0.2) is 4.98 Å². The molecule has 1 heterocycles. The molecular weight excluding hydrogens is 330 g/mol. The van der Waals surface area contributed by atoms with Gasteiger partial charge in [-0.15, -0.1) is 0 Å². The molecule has 0 aliphatic heterocycles. The summed E-state index contributed by atoms with van der Waals surface area (Å²) >= 11 is 0. The monoisotopic (exact) mass is 347 g/mol. The first kappa shape index (κ1) is 17.2. The minimum absolute atomic E-state index is 0.281. The van der Waals surface area contributed by atoms with Gasteiger partial charge in [-0.05, 0) is 30.3 Å². The molecule has 26 heavy (non-hydrogen) atoms. The number of hydrogen-bond acceptors (Lipinski definition) is 4. The van der Waals surface area contributed by atoms with Gasteiger partial charge in [0, 0.05) is 11.6 Å². The molecule has 1 aromatic heterocycles. The van der Waals surface area contributed by atoms with Crippen LogP contribution < -0.4 is 15.4 Å². The number of aromatic nitrogens is 1. The van der Waals surface area contributed by atoms with Crippen LogP contribution in [0.4, 0.5) is 11.4 Å². The van der Waals surface area contributed by atoms with Crippen molar-refractivity contribution in [3.63, 3.8) is 0 Å². The van der Waals surface area contributed by atoms with Crippen molar-refractivity contribution in [3.05, 3.63) is 84.1 Å². The summed E-state index contributed by atoms with van der Waals surface area (Å²) in [6, 6.07) is 19.0. The van der Waals surface area contributed by atoms with Gasteiger partial charge in [0.1, 0.15) is 0 Å². The molecule has 3 rings (SSSR count). The molecule has 0 bridgehead atoms. The Morgan fingerprint density at radius 2 is 1.58 bits per heavy atom. The van der Waals surface area contributed by atoms with Crippen LogP contribution in [-0.2, 0) is 0 Å². The molecule has 2 amide bonds. The van der Waals surface area contributed by atoms with Crippen molar-refractivity contribution in [3.8, 4) is 5.88 Å². The third-order valence-electron chi connectivity index (χ3n) is 3.66. The van der Waals surface area contributed by atoms with Gasteiger partial charge >= 0.3 is 0 Å². The van der Waals surface area contributed by atoms with Gasteiger partial charge in [0.15, 0.2) is 0 Å². The van der Waals surface area contributed by atoms with E-state index in [1.807, 2.05) is 6.07 Å².